The Kier molecular flexibility index (Phi) is 9.99. The lowest BCUT2D eigenvalue weighted by Gasteiger charge is -2.28. The Labute approximate surface area is 404 Å². The van der Waals surface area contributed by atoms with E-state index in [1.165, 1.54) is 66.3 Å². The molecule has 0 spiro atoms. The number of para-hydroxylation sites is 2. The minimum absolute atomic E-state index is 0.263. The highest BCUT2D eigenvalue weighted by Gasteiger charge is 2.36. The Hall–Kier alpha value is -9.08. The first kappa shape index (κ1) is 41.4. The van der Waals surface area contributed by atoms with Crippen molar-refractivity contribution in [3.63, 3.8) is 0 Å². The lowest BCUT2D eigenvalue weighted by atomic mass is 9.81. The van der Waals surface area contributed by atoms with Gasteiger partial charge in [-0.05, 0) is 152 Å². The number of nitrogens with zero attached hydrogens (tertiary/aromatic N) is 2. The van der Waals surface area contributed by atoms with E-state index in [0.717, 1.165) is 56.1 Å². The fourth-order valence-electron chi connectivity index (χ4n) is 10.7. The molecule has 324 valence electrons. The third-order valence-corrected chi connectivity index (χ3v) is 14.2. The molecule has 1 aliphatic rings. The molecule has 12 rings (SSSR count). The molecule has 0 amide bonds. The van der Waals surface area contributed by atoms with E-state index in [1.54, 1.807) is 0 Å². The molecule has 1 aromatic heterocycles. The van der Waals surface area contributed by atoms with Gasteiger partial charge in [0.25, 0.3) is 0 Å². The van der Waals surface area contributed by atoms with Gasteiger partial charge >= 0.3 is 0 Å². The number of aromatic nitrogens is 1. The van der Waals surface area contributed by atoms with Gasteiger partial charge in [0.2, 0.25) is 0 Å². The minimum Gasteiger partial charge on any atom is -0.310 e. The zero-order chi connectivity index (χ0) is 46.6. The monoisotopic (exact) mass is 878 g/mol. The second-order valence-electron chi connectivity index (χ2n) is 18.4. The summed E-state index contributed by atoms with van der Waals surface area (Å²) in [6, 6.07) is 83.3. The smallest absolute Gasteiger partial charge is 0.0541 e. The van der Waals surface area contributed by atoms with E-state index in [0.29, 0.717) is 0 Å². The van der Waals surface area contributed by atoms with Crippen molar-refractivity contribution >= 4 is 38.9 Å². The molecule has 0 saturated carbocycles. The van der Waals surface area contributed by atoms with Crippen LogP contribution in [0.5, 0.6) is 0 Å². The first-order chi connectivity index (χ1) is 33.9. The molecule has 0 bridgehead atoms. The van der Waals surface area contributed by atoms with E-state index >= 15 is 0 Å². The SMILES string of the molecule is C#Cc1cccc(-c2cccc(-c3ccc4c(c3)C(C)(C)c3cc(N(c5ccc(-c6ccccc6)cc5)c5ccc(-c6ccc7c(c6)c6ccccc6n7-c6ccccc6)cc5)ccc3-4)c2)c1C#C. The Morgan fingerprint density at radius 2 is 0.899 bits per heavy atom. The molecule has 0 saturated heterocycles. The van der Waals surface area contributed by atoms with Crippen LogP contribution in [0.1, 0.15) is 36.1 Å². The van der Waals surface area contributed by atoms with Gasteiger partial charge in [0.15, 0.2) is 0 Å². The molecule has 11 aromatic rings. The molecule has 0 atom stereocenters. The molecular weight excluding hydrogens is 833 g/mol. The standard InChI is InChI=1S/C67H46N2/c1-5-45-19-16-25-58(57(45)6-2)52-21-15-20-49(41-52)51-31-38-59-60-39-37-56(44-64(60)67(3,4)63(59)43-51)68(54-33-27-47(28-34-54)46-17-9-7-10-18-46)55-35-29-48(30-36-55)50-32-40-66-62(42-50)61-24-13-14-26-65(61)69(66)53-22-11-8-12-23-53/h1-2,7-44H,3-4H3. The van der Waals surface area contributed by atoms with Crippen molar-refractivity contribution in [1.82, 2.24) is 4.57 Å². The molecular formula is C67H46N2. The number of hydrogen-bond acceptors (Lipinski definition) is 1. The second kappa shape index (κ2) is 16.7. The Bertz CT molecular complexity index is 3860. The molecule has 69 heavy (non-hydrogen) atoms. The van der Waals surface area contributed by atoms with Gasteiger partial charge in [0, 0.05) is 50.1 Å². The fourth-order valence-corrected chi connectivity index (χ4v) is 10.7. The van der Waals surface area contributed by atoms with Gasteiger partial charge in [0.1, 0.15) is 0 Å². The van der Waals surface area contributed by atoms with Gasteiger partial charge in [-0.15, -0.1) is 12.8 Å². The third kappa shape index (κ3) is 7.02. The molecule has 0 N–H and O–H groups in total. The maximum Gasteiger partial charge on any atom is 0.0541 e. The second-order valence-corrected chi connectivity index (χ2v) is 18.4. The van der Waals surface area contributed by atoms with Crippen LogP contribution in [0.4, 0.5) is 17.1 Å². The average molecular weight is 879 g/mol. The summed E-state index contributed by atoms with van der Waals surface area (Å²) in [7, 11) is 0. The van der Waals surface area contributed by atoms with Crippen LogP contribution in [0.2, 0.25) is 0 Å². The lowest BCUT2D eigenvalue weighted by molar-refractivity contribution is 0.660. The molecule has 0 fully saturated rings. The molecule has 1 aliphatic carbocycles. The zero-order valence-electron chi connectivity index (χ0n) is 38.5. The zero-order valence-corrected chi connectivity index (χ0v) is 38.5. The Balaban J connectivity index is 0.917. The highest BCUT2D eigenvalue weighted by molar-refractivity contribution is 6.10. The molecule has 0 unspecified atom stereocenters. The van der Waals surface area contributed by atoms with Crippen molar-refractivity contribution in [1.29, 1.82) is 0 Å². The summed E-state index contributed by atoms with van der Waals surface area (Å²) >= 11 is 0. The Morgan fingerprint density at radius 3 is 1.62 bits per heavy atom. The normalized spacial score (nSPS) is 12.3. The van der Waals surface area contributed by atoms with Crippen molar-refractivity contribution in [2.45, 2.75) is 19.3 Å². The van der Waals surface area contributed by atoms with Gasteiger partial charge in [0.05, 0.1) is 11.0 Å². The van der Waals surface area contributed by atoms with E-state index in [-0.39, 0.29) is 5.41 Å². The third-order valence-electron chi connectivity index (χ3n) is 14.2. The number of terminal acetylenes is 2. The van der Waals surface area contributed by atoms with Gasteiger partial charge in [-0.1, -0.05) is 171 Å². The summed E-state index contributed by atoms with van der Waals surface area (Å²) in [6.45, 7) is 4.71. The van der Waals surface area contributed by atoms with Gasteiger partial charge in [-0.3, -0.25) is 0 Å². The number of fused-ring (bicyclic) bond motifs is 6. The summed E-state index contributed by atoms with van der Waals surface area (Å²) in [5, 5.41) is 2.48. The number of anilines is 3. The minimum atomic E-state index is -0.263. The lowest BCUT2D eigenvalue weighted by Crippen LogP contribution is -2.16. The average Bonchev–Trinajstić information content (AvgIpc) is 3.86. The van der Waals surface area contributed by atoms with Crippen LogP contribution >= 0.6 is 0 Å². The molecule has 1 heterocycles. The van der Waals surface area contributed by atoms with E-state index in [1.807, 2.05) is 12.1 Å². The highest BCUT2D eigenvalue weighted by atomic mass is 15.1. The van der Waals surface area contributed by atoms with E-state index in [9.17, 15) is 0 Å². The topological polar surface area (TPSA) is 8.17 Å². The summed E-state index contributed by atoms with van der Waals surface area (Å²) in [4.78, 5) is 2.39. The van der Waals surface area contributed by atoms with Gasteiger partial charge < -0.3 is 9.47 Å². The first-order valence-corrected chi connectivity index (χ1v) is 23.5. The van der Waals surface area contributed by atoms with Crippen LogP contribution < -0.4 is 4.90 Å². The van der Waals surface area contributed by atoms with Crippen LogP contribution in [0.3, 0.4) is 0 Å². The van der Waals surface area contributed by atoms with Crippen LogP contribution in [0.25, 0.3) is 83.1 Å². The van der Waals surface area contributed by atoms with Crippen LogP contribution in [-0.4, -0.2) is 4.57 Å². The largest absolute Gasteiger partial charge is 0.310 e. The number of rotatable bonds is 8. The maximum absolute atomic E-state index is 5.99. The molecule has 0 radical (unpaired) electrons. The van der Waals surface area contributed by atoms with Crippen molar-refractivity contribution in [3.05, 3.63) is 253 Å². The molecule has 2 nitrogen and oxygen atoms in total. The first-order valence-electron chi connectivity index (χ1n) is 23.5. The van der Waals surface area contributed by atoms with Crippen molar-refractivity contribution in [3.8, 4) is 86.0 Å². The highest BCUT2D eigenvalue weighted by Crippen LogP contribution is 2.52. The summed E-state index contributed by atoms with van der Waals surface area (Å²) < 4.78 is 2.37. The van der Waals surface area contributed by atoms with E-state index in [4.69, 9.17) is 12.8 Å². The van der Waals surface area contributed by atoms with Crippen LogP contribution in [-0.2, 0) is 5.41 Å². The molecule has 10 aromatic carbocycles. The van der Waals surface area contributed by atoms with Crippen molar-refractivity contribution in [2.24, 2.45) is 0 Å². The molecule has 0 aliphatic heterocycles. The predicted molar refractivity (Wildman–Crippen MR) is 291 cm³/mol. The quantitative estimate of drug-likeness (QED) is 0.138. The summed E-state index contributed by atoms with van der Waals surface area (Å²) in [5.41, 5.74) is 22.2. The van der Waals surface area contributed by atoms with Gasteiger partial charge in [-0.25, -0.2) is 0 Å². The number of hydrogen-bond donors (Lipinski definition) is 0. The van der Waals surface area contributed by atoms with E-state index < -0.39 is 0 Å². The van der Waals surface area contributed by atoms with Crippen molar-refractivity contribution in [2.75, 3.05) is 4.90 Å². The number of benzene rings is 10. The fraction of sp³-hybridized carbons (Fsp3) is 0.0448. The van der Waals surface area contributed by atoms with Crippen molar-refractivity contribution < 1.29 is 0 Å². The Morgan fingerprint density at radius 1 is 0.377 bits per heavy atom. The summed E-state index contributed by atoms with van der Waals surface area (Å²) in [5.74, 6) is 5.61. The summed E-state index contributed by atoms with van der Waals surface area (Å²) in [6.07, 6.45) is 11.8. The van der Waals surface area contributed by atoms with E-state index in [2.05, 4.69) is 254 Å². The molecule has 2 heteroatoms. The van der Waals surface area contributed by atoms with Crippen LogP contribution in [0.15, 0.2) is 231 Å². The maximum atomic E-state index is 5.99. The van der Waals surface area contributed by atoms with Gasteiger partial charge in [-0.2, -0.15) is 0 Å². The van der Waals surface area contributed by atoms with Crippen LogP contribution in [0, 0.1) is 24.7 Å². The predicted octanol–water partition coefficient (Wildman–Crippen LogP) is 17.2.